The van der Waals surface area contributed by atoms with Gasteiger partial charge in [0.2, 0.25) is 17.1 Å². The molecule has 1 aliphatic heterocycles. The van der Waals surface area contributed by atoms with Crippen LogP contribution in [0.3, 0.4) is 0 Å². The lowest BCUT2D eigenvalue weighted by Gasteiger charge is -2.19. The molecule has 0 saturated heterocycles. The van der Waals surface area contributed by atoms with E-state index in [1.807, 2.05) is 65.2 Å². The van der Waals surface area contributed by atoms with Gasteiger partial charge in [-0.05, 0) is 60.7 Å². The SMILES string of the molecule is O=S(O)OCCCCN1/C(=C/c2ccc3cc(O)ccc3[n+]2CCCCS(=O)(=O)[O-])Oc2ccc(-c3ccccc3)cc21. The Morgan fingerprint density at radius 2 is 1.77 bits per heavy atom. The van der Waals surface area contributed by atoms with E-state index in [1.165, 1.54) is 0 Å². The van der Waals surface area contributed by atoms with Gasteiger partial charge in [-0.25, -0.2) is 8.42 Å². The predicted octanol–water partition coefficient (Wildman–Crippen LogP) is 4.96. The number of unbranched alkanes of at least 4 members (excludes halogenated alkanes) is 2. The van der Waals surface area contributed by atoms with Crippen LogP contribution in [0.5, 0.6) is 11.5 Å². The zero-order valence-electron chi connectivity index (χ0n) is 23.3. The molecule has 1 unspecified atom stereocenters. The number of rotatable bonds is 13. The van der Waals surface area contributed by atoms with E-state index in [9.17, 15) is 22.3 Å². The highest BCUT2D eigenvalue weighted by molar-refractivity contribution is 7.85. The summed E-state index contributed by atoms with van der Waals surface area (Å²) in [6.45, 7) is 1.14. The predicted molar refractivity (Wildman–Crippen MR) is 163 cm³/mol. The fraction of sp³-hybridized carbons (Fsp3) is 0.258. The van der Waals surface area contributed by atoms with Crippen molar-refractivity contribution in [1.82, 2.24) is 0 Å². The number of phenols is 1. The lowest BCUT2D eigenvalue weighted by atomic mass is 10.0. The number of aryl methyl sites for hydroxylation is 1. The number of anilines is 1. The second-order valence-electron chi connectivity index (χ2n) is 10.2. The molecule has 10 nitrogen and oxygen atoms in total. The van der Waals surface area contributed by atoms with Crippen LogP contribution in [0.2, 0.25) is 0 Å². The fourth-order valence-corrected chi connectivity index (χ4v) is 5.95. The van der Waals surface area contributed by atoms with Gasteiger partial charge < -0.3 is 19.3 Å². The van der Waals surface area contributed by atoms with Crippen LogP contribution in [0.25, 0.3) is 28.1 Å². The Morgan fingerprint density at radius 1 is 0.953 bits per heavy atom. The van der Waals surface area contributed by atoms with E-state index in [0.717, 1.165) is 33.4 Å². The summed E-state index contributed by atoms with van der Waals surface area (Å²) in [5.74, 6) is 0.975. The van der Waals surface area contributed by atoms with Crippen LogP contribution in [0.1, 0.15) is 31.4 Å². The van der Waals surface area contributed by atoms with Crippen LogP contribution in [0.15, 0.2) is 84.7 Å². The molecular weight excluding hydrogens is 592 g/mol. The molecule has 43 heavy (non-hydrogen) atoms. The lowest BCUT2D eigenvalue weighted by molar-refractivity contribution is -0.673. The number of benzene rings is 3. The zero-order valence-corrected chi connectivity index (χ0v) is 24.9. The Morgan fingerprint density at radius 3 is 2.53 bits per heavy atom. The van der Waals surface area contributed by atoms with Crippen molar-refractivity contribution < 1.29 is 40.3 Å². The van der Waals surface area contributed by atoms with Crippen LogP contribution in [0.4, 0.5) is 5.69 Å². The molecule has 5 rings (SSSR count). The van der Waals surface area contributed by atoms with Crippen molar-refractivity contribution in [2.45, 2.75) is 32.2 Å². The number of phenolic OH excluding ortho intramolecular Hbond substituents is 1. The molecule has 2 heterocycles. The van der Waals surface area contributed by atoms with Crippen molar-refractivity contribution in [3.63, 3.8) is 0 Å². The van der Waals surface area contributed by atoms with E-state index < -0.39 is 27.2 Å². The molecule has 0 saturated carbocycles. The molecule has 226 valence electrons. The first-order chi connectivity index (χ1) is 20.7. The van der Waals surface area contributed by atoms with Gasteiger partial charge in [0.1, 0.15) is 12.3 Å². The monoisotopic (exact) mass is 624 g/mol. The number of hydrogen-bond acceptors (Lipinski definition) is 8. The number of hydrogen-bond donors (Lipinski definition) is 2. The maximum absolute atomic E-state index is 11.2. The zero-order chi connectivity index (χ0) is 30.4. The Hall–Kier alpha value is -3.81. The summed E-state index contributed by atoms with van der Waals surface area (Å²) in [6, 6.07) is 24.9. The van der Waals surface area contributed by atoms with Crippen LogP contribution in [-0.4, -0.2) is 45.7 Å². The highest BCUT2D eigenvalue weighted by Gasteiger charge is 2.28. The summed E-state index contributed by atoms with van der Waals surface area (Å²) < 4.78 is 66.4. The minimum atomic E-state index is -4.31. The van der Waals surface area contributed by atoms with Crippen LogP contribution >= 0.6 is 0 Å². The summed E-state index contributed by atoms with van der Waals surface area (Å²) in [4.78, 5) is 2.06. The molecule has 0 bridgehead atoms. The third kappa shape index (κ3) is 7.98. The number of aromatic hydroxyl groups is 1. The van der Waals surface area contributed by atoms with E-state index in [0.29, 0.717) is 44.0 Å². The quantitative estimate of drug-likeness (QED) is 0.0914. The number of nitrogens with zero attached hydrogens (tertiary/aromatic N) is 2. The smallest absolute Gasteiger partial charge is 0.301 e. The Balaban J connectivity index is 1.50. The summed E-state index contributed by atoms with van der Waals surface area (Å²) in [6.07, 6.45) is 3.82. The summed E-state index contributed by atoms with van der Waals surface area (Å²) >= 11 is -2.31. The molecule has 1 aromatic heterocycles. The van der Waals surface area contributed by atoms with E-state index in [-0.39, 0.29) is 18.8 Å². The van der Waals surface area contributed by atoms with Crippen molar-refractivity contribution >= 4 is 44.1 Å². The van der Waals surface area contributed by atoms with Gasteiger partial charge in [-0.2, -0.15) is 8.78 Å². The molecular formula is C31H32N2O8S2. The maximum Gasteiger partial charge on any atom is 0.301 e. The summed E-state index contributed by atoms with van der Waals surface area (Å²) in [5, 5.41) is 10.8. The molecule has 3 aromatic carbocycles. The van der Waals surface area contributed by atoms with Gasteiger partial charge in [-0.1, -0.05) is 36.4 Å². The molecule has 0 amide bonds. The maximum atomic E-state index is 11.2. The average molecular weight is 625 g/mol. The van der Waals surface area contributed by atoms with Gasteiger partial charge in [0.05, 0.1) is 33.9 Å². The Bertz CT molecular complexity index is 1760. The first-order valence-electron chi connectivity index (χ1n) is 13.9. The van der Waals surface area contributed by atoms with Gasteiger partial charge in [-0.15, -0.1) is 0 Å². The number of fused-ring (bicyclic) bond motifs is 2. The highest BCUT2D eigenvalue weighted by atomic mass is 32.2. The summed E-state index contributed by atoms with van der Waals surface area (Å²) in [7, 11) is -4.31. The second-order valence-corrected chi connectivity index (χ2v) is 12.3. The normalized spacial score (nSPS) is 14.7. The minimum absolute atomic E-state index is 0.131. The van der Waals surface area contributed by atoms with Gasteiger partial charge in [0.25, 0.3) is 0 Å². The highest BCUT2D eigenvalue weighted by Crippen LogP contribution is 2.42. The third-order valence-corrected chi connectivity index (χ3v) is 8.30. The van der Waals surface area contributed by atoms with Crippen molar-refractivity contribution in [3.05, 3.63) is 90.4 Å². The fourth-order valence-electron chi connectivity index (χ4n) is 5.13. The summed E-state index contributed by atoms with van der Waals surface area (Å²) in [5.41, 5.74) is 4.61. The standard InChI is InChI=1S/C31H32N2O8S2/c34-27-13-14-28-25(20-27)10-12-26(32(28)16-5-7-19-43(37,38)39)22-31-33(17-4-6-18-40-42(35)36)29-21-24(11-15-30(29)41-31)23-8-2-1-3-9-23/h1-3,8-15,20-22H,4-7,16-19H2,(H2-,34,35,36,37,38,39). The van der Waals surface area contributed by atoms with Gasteiger partial charge in [0, 0.05) is 30.9 Å². The van der Waals surface area contributed by atoms with E-state index in [2.05, 4.69) is 11.0 Å². The van der Waals surface area contributed by atoms with Crippen LogP contribution in [-0.2, 0) is 32.2 Å². The molecule has 0 aliphatic carbocycles. The van der Waals surface area contributed by atoms with Gasteiger partial charge in [-0.3, -0.25) is 8.74 Å². The van der Waals surface area contributed by atoms with Crippen LogP contribution in [0, 0.1) is 0 Å². The topological polar surface area (TPSA) is 140 Å². The van der Waals surface area contributed by atoms with Gasteiger partial charge in [0.15, 0.2) is 5.75 Å². The molecule has 0 spiro atoms. The van der Waals surface area contributed by atoms with Crippen LogP contribution < -0.4 is 14.2 Å². The molecule has 2 N–H and O–H groups in total. The molecule has 12 heteroatoms. The molecule has 0 radical (unpaired) electrons. The molecule has 1 aliphatic rings. The second kappa shape index (κ2) is 13.7. The number of aromatic nitrogens is 1. The van der Waals surface area contributed by atoms with Crippen molar-refractivity contribution in [2.24, 2.45) is 0 Å². The third-order valence-electron chi connectivity index (χ3n) is 7.14. The Labute approximate surface area is 253 Å². The van der Waals surface area contributed by atoms with Gasteiger partial charge >= 0.3 is 11.4 Å². The van der Waals surface area contributed by atoms with E-state index >= 15 is 0 Å². The lowest BCUT2D eigenvalue weighted by Crippen LogP contribution is -2.38. The Kier molecular flexibility index (Phi) is 9.73. The van der Waals surface area contributed by atoms with Crippen molar-refractivity contribution in [3.8, 4) is 22.6 Å². The average Bonchev–Trinajstić information content (AvgIpc) is 3.31. The van der Waals surface area contributed by atoms with E-state index in [4.69, 9.17) is 13.5 Å². The molecule has 4 aromatic rings. The first kappa shape index (κ1) is 30.6. The largest absolute Gasteiger partial charge is 0.748 e. The van der Waals surface area contributed by atoms with Crippen molar-refractivity contribution in [1.29, 1.82) is 0 Å². The molecule has 1 atom stereocenters. The number of pyridine rings is 1. The minimum Gasteiger partial charge on any atom is -0.748 e. The van der Waals surface area contributed by atoms with Crippen molar-refractivity contribution in [2.75, 3.05) is 23.8 Å². The molecule has 0 fully saturated rings. The van der Waals surface area contributed by atoms with E-state index in [1.54, 1.807) is 18.2 Å². The number of ether oxygens (including phenoxy) is 1. The first-order valence-corrected chi connectivity index (χ1v) is 16.5.